The number of rotatable bonds is 4. The third kappa shape index (κ3) is 3.23. The molecule has 10 heavy (non-hydrogen) atoms. The highest BCUT2D eigenvalue weighted by Crippen LogP contribution is 2.11. The predicted molar refractivity (Wildman–Crippen MR) is 43.9 cm³/mol. The molecular formula is C9H14O. The SMILES string of the molecule is C=C(CCC=O)/C(C)=C\C. The van der Waals surface area contributed by atoms with Crippen molar-refractivity contribution in [2.75, 3.05) is 0 Å². The van der Waals surface area contributed by atoms with Crippen LogP contribution in [0.15, 0.2) is 23.8 Å². The summed E-state index contributed by atoms with van der Waals surface area (Å²) in [5, 5.41) is 0. The predicted octanol–water partition coefficient (Wildman–Crippen LogP) is 2.49. The van der Waals surface area contributed by atoms with E-state index in [4.69, 9.17) is 0 Å². The molecule has 0 aliphatic carbocycles. The first kappa shape index (κ1) is 9.15. The Labute approximate surface area is 62.4 Å². The number of aldehydes is 1. The normalized spacial score (nSPS) is 11.2. The number of allylic oxidation sites excluding steroid dienone is 3. The summed E-state index contributed by atoms with van der Waals surface area (Å²) in [4.78, 5) is 9.96. The van der Waals surface area contributed by atoms with Crippen LogP contribution in [0.25, 0.3) is 0 Å². The van der Waals surface area contributed by atoms with Crippen molar-refractivity contribution in [2.24, 2.45) is 0 Å². The van der Waals surface area contributed by atoms with Crippen molar-refractivity contribution in [3.05, 3.63) is 23.8 Å². The highest BCUT2D eigenvalue weighted by atomic mass is 16.1. The number of carbonyl (C=O) groups excluding carboxylic acids is 1. The summed E-state index contributed by atoms with van der Waals surface area (Å²) in [5.41, 5.74) is 2.25. The summed E-state index contributed by atoms with van der Waals surface area (Å²) in [6, 6.07) is 0. The molecule has 0 aliphatic rings. The van der Waals surface area contributed by atoms with Gasteiger partial charge in [-0.1, -0.05) is 23.8 Å². The van der Waals surface area contributed by atoms with Crippen LogP contribution in [0.1, 0.15) is 26.7 Å². The maximum atomic E-state index is 9.96. The van der Waals surface area contributed by atoms with Gasteiger partial charge in [0.05, 0.1) is 0 Å². The number of hydrogen-bond acceptors (Lipinski definition) is 1. The zero-order chi connectivity index (χ0) is 7.98. The van der Waals surface area contributed by atoms with E-state index in [-0.39, 0.29) is 0 Å². The van der Waals surface area contributed by atoms with Crippen LogP contribution in [-0.2, 0) is 4.79 Å². The van der Waals surface area contributed by atoms with Crippen molar-refractivity contribution in [3.63, 3.8) is 0 Å². The summed E-state index contributed by atoms with van der Waals surface area (Å²) in [7, 11) is 0. The molecule has 0 saturated carbocycles. The summed E-state index contributed by atoms with van der Waals surface area (Å²) >= 11 is 0. The Hall–Kier alpha value is -0.850. The standard InChI is InChI=1S/C9H14O/c1-4-8(2)9(3)6-5-7-10/h4,7H,3,5-6H2,1-2H3/b8-4-. The molecule has 0 amide bonds. The minimum atomic E-state index is 0.587. The summed E-state index contributed by atoms with van der Waals surface area (Å²) < 4.78 is 0. The molecule has 0 aromatic carbocycles. The fraction of sp³-hybridized carbons (Fsp3) is 0.444. The second-order valence-corrected chi connectivity index (χ2v) is 2.28. The lowest BCUT2D eigenvalue weighted by Gasteiger charge is -2.00. The third-order valence-corrected chi connectivity index (χ3v) is 1.55. The molecule has 0 atom stereocenters. The monoisotopic (exact) mass is 138 g/mol. The van der Waals surface area contributed by atoms with Gasteiger partial charge < -0.3 is 4.79 Å². The van der Waals surface area contributed by atoms with Crippen molar-refractivity contribution in [3.8, 4) is 0 Å². The van der Waals surface area contributed by atoms with Gasteiger partial charge in [0.25, 0.3) is 0 Å². The Bertz CT molecular complexity index is 154. The first-order chi connectivity index (χ1) is 4.72. The van der Waals surface area contributed by atoms with Crippen molar-refractivity contribution in [1.82, 2.24) is 0 Å². The topological polar surface area (TPSA) is 17.1 Å². The fourth-order valence-electron chi connectivity index (χ4n) is 0.634. The average molecular weight is 138 g/mol. The summed E-state index contributed by atoms with van der Waals surface area (Å²) in [6.45, 7) is 7.82. The molecule has 0 aromatic heterocycles. The molecule has 0 fully saturated rings. The van der Waals surface area contributed by atoms with E-state index < -0.39 is 0 Å². The van der Waals surface area contributed by atoms with Gasteiger partial charge in [0, 0.05) is 6.42 Å². The maximum Gasteiger partial charge on any atom is 0.120 e. The first-order valence-electron chi connectivity index (χ1n) is 3.47. The van der Waals surface area contributed by atoms with E-state index in [0.717, 1.165) is 18.3 Å². The van der Waals surface area contributed by atoms with Gasteiger partial charge in [0.2, 0.25) is 0 Å². The van der Waals surface area contributed by atoms with Crippen LogP contribution in [-0.4, -0.2) is 6.29 Å². The molecule has 0 rings (SSSR count). The van der Waals surface area contributed by atoms with E-state index >= 15 is 0 Å². The summed E-state index contributed by atoms with van der Waals surface area (Å²) in [5.74, 6) is 0. The molecule has 0 unspecified atom stereocenters. The van der Waals surface area contributed by atoms with Crippen LogP contribution < -0.4 is 0 Å². The van der Waals surface area contributed by atoms with Crippen molar-refractivity contribution >= 4 is 6.29 Å². The van der Waals surface area contributed by atoms with Crippen molar-refractivity contribution in [1.29, 1.82) is 0 Å². The molecule has 0 heterocycles. The Balaban J connectivity index is 3.74. The molecule has 0 spiro atoms. The third-order valence-electron chi connectivity index (χ3n) is 1.55. The highest BCUT2D eigenvalue weighted by Gasteiger charge is 1.93. The van der Waals surface area contributed by atoms with Crippen LogP contribution in [0.5, 0.6) is 0 Å². The maximum absolute atomic E-state index is 9.96. The second-order valence-electron chi connectivity index (χ2n) is 2.28. The Morgan fingerprint density at radius 1 is 1.60 bits per heavy atom. The lowest BCUT2D eigenvalue weighted by atomic mass is 10.1. The molecule has 0 radical (unpaired) electrons. The van der Waals surface area contributed by atoms with Gasteiger partial charge in [-0.15, -0.1) is 0 Å². The van der Waals surface area contributed by atoms with E-state index in [1.165, 1.54) is 5.57 Å². The van der Waals surface area contributed by atoms with E-state index in [9.17, 15) is 4.79 Å². The molecule has 1 nitrogen and oxygen atoms in total. The minimum absolute atomic E-state index is 0.587. The van der Waals surface area contributed by atoms with Crippen molar-refractivity contribution < 1.29 is 4.79 Å². The van der Waals surface area contributed by atoms with Gasteiger partial charge in [-0.3, -0.25) is 0 Å². The largest absolute Gasteiger partial charge is 0.303 e. The molecule has 0 aliphatic heterocycles. The summed E-state index contributed by atoms with van der Waals surface area (Å²) in [6.07, 6.45) is 4.31. The second kappa shape index (κ2) is 4.98. The lowest BCUT2D eigenvalue weighted by Crippen LogP contribution is -1.84. The van der Waals surface area contributed by atoms with Crippen molar-refractivity contribution in [2.45, 2.75) is 26.7 Å². The fourth-order valence-corrected chi connectivity index (χ4v) is 0.634. The Morgan fingerprint density at radius 2 is 2.20 bits per heavy atom. The molecule has 0 saturated heterocycles. The Morgan fingerprint density at radius 3 is 2.60 bits per heavy atom. The average Bonchev–Trinajstić information content (AvgIpc) is 1.98. The molecular weight excluding hydrogens is 124 g/mol. The molecule has 0 N–H and O–H groups in total. The van der Waals surface area contributed by atoms with E-state index in [1.54, 1.807) is 0 Å². The van der Waals surface area contributed by atoms with Crippen LogP contribution in [0, 0.1) is 0 Å². The molecule has 0 bridgehead atoms. The van der Waals surface area contributed by atoms with Crippen LogP contribution in [0.2, 0.25) is 0 Å². The van der Waals surface area contributed by atoms with Gasteiger partial charge in [-0.2, -0.15) is 0 Å². The van der Waals surface area contributed by atoms with Gasteiger partial charge in [-0.25, -0.2) is 0 Å². The van der Waals surface area contributed by atoms with Gasteiger partial charge in [0.15, 0.2) is 0 Å². The molecule has 56 valence electrons. The quantitative estimate of drug-likeness (QED) is 0.431. The highest BCUT2D eigenvalue weighted by molar-refractivity contribution is 5.50. The van der Waals surface area contributed by atoms with E-state index in [2.05, 4.69) is 6.58 Å². The zero-order valence-corrected chi connectivity index (χ0v) is 6.68. The van der Waals surface area contributed by atoms with Gasteiger partial charge in [0.1, 0.15) is 6.29 Å². The molecule has 1 heteroatoms. The molecule has 0 aromatic rings. The van der Waals surface area contributed by atoms with E-state index in [1.807, 2.05) is 19.9 Å². The zero-order valence-electron chi connectivity index (χ0n) is 6.68. The number of carbonyl (C=O) groups is 1. The van der Waals surface area contributed by atoms with Crippen LogP contribution >= 0.6 is 0 Å². The van der Waals surface area contributed by atoms with Gasteiger partial charge >= 0.3 is 0 Å². The Kier molecular flexibility index (Phi) is 4.55. The smallest absolute Gasteiger partial charge is 0.120 e. The van der Waals surface area contributed by atoms with Crippen LogP contribution in [0.4, 0.5) is 0 Å². The lowest BCUT2D eigenvalue weighted by molar-refractivity contribution is -0.107. The van der Waals surface area contributed by atoms with E-state index in [0.29, 0.717) is 6.42 Å². The van der Waals surface area contributed by atoms with Gasteiger partial charge in [-0.05, 0) is 20.3 Å². The first-order valence-corrected chi connectivity index (χ1v) is 3.47. The number of hydrogen-bond donors (Lipinski definition) is 0. The van der Waals surface area contributed by atoms with Crippen LogP contribution in [0.3, 0.4) is 0 Å². The minimum Gasteiger partial charge on any atom is -0.303 e.